The molecule has 0 fully saturated rings. The Bertz CT molecular complexity index is 567. The van der Waals surface area contributed by atoms with Crippen LogP contribution in [0.3, 0.4) is 0 Å². The first-order chi connectivity index (χ1) is 7.87. The second-order valence-corrected chi connectivity index (χ2v) is 5.32. The molecule has 5 heteroatoms. The van der Waals surface area contributed by atoms with Crippen LogP contribution in [-0.2, 0) is 6.54 Å². The first-order valence-electron chi connectivity index (χ1n) is 5.43. The number of fused-ring (bicyclic) bond motifs is 1. The maximum atomic E-state index is 10.9. The zero-order valence-electron chi connectivity index (χ0n) is 10.1. The summed E-state index contributed by atoms with van der Waals surface area (Å²) in [5, 5.41) is 17.0. The molecule has 0 amide bonds. The molecular weight excluding hydrogens is 218 g/mol. The highest BCUT2D eigenvalue weighted by molar-refractivity contribution is 5.92. The van der Waals surface area contributed by atoms with Crippen LogP contribution in [0.25, 0.3) is 11.0 Å². The van der Waals surface area contributed by atoms with Crippen LogP contribution in [0, 0.1) is 5.41 Å². The number of carboxylic acid groups (broad SMARTS) is 1. The zero-order valence-corrected chi connectivity index (χ0v) is 10.1. The molecular formula is C12H15N3O2. The SMILES string of the molecule is CC(C)(C)Cn1nnc2ccc(C(=O)O)cc21. The molecule has 90 valence electrons. The lowest BCUT2D eigenvalue weighted by Crippen LogP contribution is -2.16. The summed E-state index contributed by atoms with van der Waals surface area (Å²) in [6.45, 7) is 7.00. The van der Waals surface area contributed by atoms with Crippen molar-refractivity contribution >= 4 is 17.0 Å². The fourth-order valence-corrected chi connectivity index (χ4v) is 1.66. The van der Waals surface area contributed by atoms with E-state index >= 15 is 0 Å². The van der Waals surface area contributed by atoms with Crippen LogP contribution in [0.1, 0.15) is 31.1 Å². The zero-order chi connectivity index (χ0) is 12.6. The molecule has 0 radical (unpaired) electrons. The second kappa shape index (κ2) is 3.84. The predicted octanol–water partition coefficient (Wildman–Crippen LogP) is 2.18. The molecule has 0 saturated carbocycles. The summed E-state index contributed by atoms with van der Waals surface area (Å²) in [7, 11) is 0. The number of benzene rings is 1. The first kappa shape index (κ1) is 11.6. The number of carboxylic acids is 1. The Morgan fingerprint density at radius 3 is 2.71 bits per heavy atom. The van der Waals surface area contributed by atoms with Crippen molar-refractivity contribution in [3.8, 4) is 0 Å². The van der Waals surface area contributed by atoms with Gasteiger partial charge in [0.25, 0.3) is 0 Å². The smallest absolute Gasteiger partial charge is 0.335 e. The molecule has 2 rings (SSSR count). The number of hydrogen-bond donors (Lipinski definition) is 1. The Morgan fingerprint density at radius 1 is 1.41 bits per heavy atom. The van der Waals surface area contributed by atoms with E-state index in [9.17, 15) is 4.79 Å². The summed E-state index contributed by atoms with van der Waals surface area (Å²) >= 11 is 0. The number of nitrogens with zero attached hydrogens (tertiary/aromatic N) is 3. The molecule has 0 bridgehead atoms. The van der Waals surface area contributed by atoms with Crippen LogP contribution >= 0.6 is 0 Å². The molecule has 1 aromatic carbocycles. The average molecular weight is 233 g/mol. The standard InChI is InChI=1S/C12H15N3O2/c1-12(2,3)7-15-10-6-8(11(16)17)4-5-9(10)13-14-15/h4-6H,7H2,1-3H3,(H,16,17). The Labute approximate surface area is 99.1 Å². The van der Waals surface area contributed by atoms with Crippen molar-refractivity contribution in [3.05, 3.63) is 23.8 Å². The Hall–Kier alpha value is -1.91. The number of aromatic carboxylic acids is 1. The monoisotopic (exact) mass is 233 g/mol. The fourth-order valence-electron chi connectivity index (χ4n) is 1.66. The number of aromatic nitrogens is 3. The molecule has 0 aliphatic heterocycles. The largest absolute Gasteiger partial charge is 0.478 e. The fraction of sp³-hybridized carbons (Fsp3) is 0.417. The van der Waals surface area contributed by atoms with Crippen molar-refractivity contribution in [1.82, 2.24) is 15.0 Å². The topological polar surface area (TPSA) is 68.0 Å². The summed E-state index contributed by atoms with van der Waals surface area (Å²) in [5.41, 5.74) is 1.81. The van der Waals surface area contributed by atoms with Crippen molar-refractivity contribution in [3.63, 3.8) is 0 Å². The molecule has 0 atom stereocenters. The second-order valence-electron chi connectivity index (χ2n) is 5.32. The number of hydrogen-bond acceptors (Lipinski definition) is 3. The van der Waals surface area contributed by atoms with E-state index in [0.717, 1.165) is 11.0 Å². The third-order valence-electron chi connectivity index (χ3n) is 2.38. The Morgan fingerprint density at radius 2 is 2.12 bits per heavy atom. The van der Waals surface area contributed by atoms with E-state index in [4.69, 9.17) is 5.11 Å². The van der Waals surface area contributed by atoms with Crippen LogP contribution in [0.5, 0.6) is 0 Å². The Kier molecular flexibility index (Phi) is 2.61. The van der Waals surface area contributed by atoms with Gasteiger partial charge >= 0.3 is 5.97 Å². The maximum absolute atomic E-state index is 10.9. The molecule has 0 aliphatic carbocycles. The quantitative estimate of drug-likeness (QED) is 0.863. The van der Waals surface area contributed by atoms with Gasteiger partial charge in [0.1, 0.15) is 5.52 Å². The molecule has 0 saturated heterocycles. The predicted molar refractivity (Wildman–Crippen MR) is 63.9 cm³/mol. The highest BCUT2D eigenvalue weighted by Crippen LogP contribution is 2.20. The highest BCUT2D eigenvalue weighted by atomic mass is 16.4. The van der Waals surface area contributed by atoms with E-state index in [-0.39, 0.29) is 11.0 Å². The summed E-state index contributed by atoms with van der Waals surface area (Å²) in [5.74, 6) is -0.935. The summed E-state index contributed by atoms with van der Waals surface area (Å²) in [6.07, 6.45) is 0. The van der Waals surface area contributed by atoms with Gasteiger partial charge in [0.05, 0.1) is 11.1 Å². The molecule has 0 unspecified atom stereocenters. The van der Waals surface area contributed by atoms with Gasteiger partial charge in [0.2, 0.25) is 0 Å². The van der Waals surface area contributed by atoms with Crippen molar-refractivity contribution in [2.45, 2.75) is 27.3 Å². The normalized spacial score (nSPS) is 11.9. The minimum Gasteiger partial charge on any atom is -0.478 e. The van der Waals surface area contributed by atoms with Gasteiger partial charge in [-0.05, 0) is 23.6 Å². The molecule has 2 aromatic rings. The molecule has 0 spiro atoms. The minimum atomic E-state index is -0.935. The van der Waals surface area contributed by atoms with Crippen LogP contribution in [0.4, 0.5) is 0 Å². The number of rotatable bonds is 2. The molecule has 0 aliphatic rings. The van der Waals surface area contributed by atoms with Gasteiger partial charge in [-0.3, -0.25) is 0 Å². The summed E-state index contributed by atoms with van der Waals surface area (Å²) in [6, 6.07) is 4.84. The maximum Gasteiger partial charge on any atom is 0.335 e. The lowest BCUT2D eigenvalue weighted by Gasteiger charge is -2.17. The van der Waals surface area contributed by atoms with Gasteiger partial charge in [0, 0.05) is 6.54 Å². The molecule has 1 N–H and O–H groups in total. The van der Waals surface area contributed by atoms with E-state index in [1.54, 1.807) is 22.9 Å². The molecule has 1 aromatic heterocycles. The van der Waals surface area contributed by atoms with Gasteiger partial charge in [0.15, 0.2) is 0 Å². The molecule has 1 heterocycles. The van der Waals surface area contributed by atoms with Crippen LogP contribution in [0.2, 0.25) is 0 Å². The Balaban J connectivity index is 2.50. The van der Waals surface area contributed by atoms with Gasteiger partial charge in [-0.2, -0.15) is 0 Å². The summed E-state index contributed by atoms with van der Waals surface area (Å²) < 4.78 is 1.75. The summed E-state index contributed by atoms with van der Waals surface area (Å²) in [4.78, 5) is 10.9. The van der Waals surface area contributed by atoms with E-state index in [0.29, 0.717) is 6.54 Å². The minimum absolute atomic E-state index is 0.0693. The molecule has 17 heavy (non-hydrogen) atoms. The van der Waals surface area contributed by atoms with Crippen LogP contribution in [0.15, 0.2) is 18.2 Å². The third-order valence-corrected chi connectivity index (χ3v) is 2.38. The van der Waals surface area contributed by atoms with Crippen molar-refractivity contribution in [1.29, 1.82) is 0 Å². The van der Waals surface area contributed by atoms with E-state index in [2.05, 4.69) is 31.1 Å². The third kappa shape index (κ3) is 2.43. The van der Waals surface area contributed by atoms with Crippen LogP contribution < -0.4 is 0 Å². The van der Waals surface area contributed by atoms with Gasteiger partial charge in [-0.1, -0.05) is 26.0 Å². The average Bonchev–Trinajstić information content (AvgIpc) is 2.58. The van der Waals surface area contributed by atoms with Gasteiger partial charge in [-0.15, -0.1) is 5.10 Å². The van der Waals surface area contributed by atoms with E-state index in [1.807, 2.05) is 0 Å². The lowest BCUT2D eigenvalue weighted by molar-refractivity contribution is 0.0697. The highest BCUT2D eigenvalue weighted by Gasteiger charge is 2.15. The lowest BCUT2D eigenvalue weighted by atomic mass is 9.97. The van der Waals surface area contributed by atoms with Crippen LogP contribution in [-0.4, -0.2) is 26.1 Å². The van der Waals surface area contributed by atoms with E-state index < -0.39 is 5.97 Å². The van der Waals surface area contributed by atoms with Crippen molar-refractivity contribution in [2.75, 3.05) is 0 Å². The van der Waals surface area contributed by atoms with Crippen molar-refractivity contribution in [2.24, 2.45) is 5.41 Å². The van der Waals surface area contributed by atoms with Gasteiger partial charge in [-0.25, -0.2) is 9.48 Å². The number of carbonyl (C=O) groups is 1. The van der Waals surface area contributed by atoms with Crippen molar-refractivity contribution < 1.29 is 9.90 Å². The van der Waals surface area contributed by atoms with E-state index in [1.165, 1.54) is 0 Å². The first-order valence-corrected chi connectivity index (χ1v) is 5.43. The van der Waals surface area contributed by atoms with Gasteiger partial charge < -0.3 is 5.11 Å². The molecule has 5 nitrogen and oxygen atoms in total.